The zero-order chi connectivity index (χ0) is 20.3. The predicted octanol–water partition coefficient (Wildman–Crippen LogP) is 3.10. The van der Waals surface area contributed by atoms with Crippen LogP contribution in [-0.2, 0) is 10.0 Å². The number of imidazole rings is 1. The fraction of sp³-hybridized carbons (Fsp3) is 0.167. The van der Waals surface area contributed by atoms with Crippen LogP contribution in [0, 0.1) is 10.1 Å². The number of hydrogen-bond acceptors (Lipinski definition) is 7. The maximum Gasteiger partial charge on any atom is 0.315 e. The summed E-state index contributed by atoms with van der Waals surface area (Å²) < 4.78 is 37.5. The first-order chi connectivity index (χ1) is 13.4. The highest BCUT2D eigenvalue weighted by Crippen LogP contribution is 2.41. The van der Waals surface area contributed by atoms with Crippen molar-refractivity contribution in [3.8, 4) is 22.9 Å². The van der Waals surface area contributed by atoms with E-state index < -0.39 is 14.9 Å². The van der Waals surface area contributed by atoms with Gasteiger partial charge in [0.2, 0.25) is 5.75 Å². The van der Waals surface area contributed by atoms with Crippen LogP contribution in [0.3, 0.4) is 0 Å². The molecule has 0 aliphatic carbocycles. The summed E-state index contributed by atoms with van der Waals surface area (Å²) in [5.74, 6) is 0.107. The van der Waals surface area contributed by atoms with Gasteiger partial charge in [-0.05, 0) is 25.1 Å². The Labute approximate surface area is 161 Å². The van der Waals surface area contributed by atoms with Crippen molar-refractivity contribution in [2.24, 2.45) is 0 Å². The quantitative estimate of drug-likeness (QED) is 0.440. The van der Waals surface area contributed by atoms with Gasteiger partial charge < -0.3 is 9.47 Å². The molecule has 0 fully saturated rings. The molecule has 28 heavy (non-hydrogen) atoms. The molecule has 0 amide bonds. The van der Waals surface area contributed by atoms with Crippen LogP contribution in [0.4, 0.5) is 5.69 Å². The number of ether oxygens (including phenoxy) is 2. The lowest BCUT2D eigenvalue weighted by molar-refractivity contribution is -0.385. The van der Waals surface area contributed by atoms with Gasteiger partial charge in [-0.2, -0.15) is 0 Å². The standard InChI is InChI=1S/C18H17N3O6S/c1-3-27-16-12-13(11-15(21(22)23)17(16)26-2)18-19-9-10-20(18)28(24,25)14-7-5-4-6-8-14/h4-12H,3H2,1-2H3. The number of nitro groups is 1. The second-order valence-electron chi connectivity index (χ2n) is 5.58. The SMILES string of the molecule is CCOc1cc(-c2nccn2S(=O)(=O)c2ccccc2)cc([N+](=O)[O-])c1OC. The van der Waals surface area contributed by atoms with Crippen LogP contribution in [-0.4, -0.2) is 36.0 Å². The van der Waals surface area contributed by atoms with E-state index in [0.717, 1.165) is 3.97 Å². The Kier molecular flexibility index (Phi) is 5.32. The predicted molar refractivity (Wildman–Crippen MR) is 101 cm³/mol. The van der Waals surface area contributed by atoms with Crippen LogP contribution in [0.15, 0.2) is 59.8 Å². The van der Waals surface area contributed by atoms with E-state index in [2.05, 4.69) is 4.98 Å². The first-order valence-electron chi connectivity index (χ1n) is 8.23. The molecular formula is C18H17N3O6S. The zero-order valence-corrected chi connectivity index (χ0v) is 15.9. The number of nitrogens with zero attached hydrogens (tertiary/aromatic N) is 3. The van der Waals surface area contributed by atoms with Crippen molar-refractivity contribution < 1.29 is 22.8 Å². The Hall–Kier alpha value is -3.40. The van der Waals surface area contributed by atoms with Crippen LogP contribution in [0.5, 0.6) is 11.5 Å². The van der Waals surface area contributed by atoms with Crippen LogP contribution in [0.1, 0.15) is 6.92 Å². The number of hydrogen-bond donors (Lipinski definition) is 0. The lowest BCUT2D eigenvalue weighted by Crippen LogP contribution is -2.13. The molecule has 9 nitrogen and oxygen atoms in total. The third-order valence-corrected chi connectivity index (χ3v) is 5.58. The van der Waals surface area contributed by atoms with E-state index in [9.17, 15) is 18.5 Å². The molecule has 0 saturated heterocycles. The van der Waals surface area contributed by atoms with Crippen molar-refractivity contribution >= 4 is 15.7 Å². The van der Waals surface area contributed by atoms with Crippen LogP contribution < -0.4 is 9.47 Å². The van der Waals surface area contributed by atoms with E-state index >= 15 is 0 Å². The van der Waals surface area contributed by atoms with Gasteiger partial charge in [-0.15, -0.1) is 0 Å². The van der Waals surface area contributed by atoms with E-state index in [-0.39, 0.29) is 40.1 Å². The lowest BCUT2D eigenvalue weighted by Gasteiger charge is -2.13. The molecule has 0 radical (unpaired) electrons. The molecule has 0 aliphatic heterocycles. The third kappa shape index (κ3) is 3.41. The van der Waals surface area contributed by atoms with Crippen molar-refractivity contribution in [3.05, 3.63) is 65.0 Å². The molecule has 0 aliphatic rings. The molecule has 0 saturated carbocycles. The molecule has 0 bridgehead atoms. The highest BCUT2D eigenvalue weighted by molar-refractivity contribution is 7.90. The third-order valence-electron chi connectivity index (χ3n) is 3.90. The van der Waals surface area contributed by atoms with Crippen molar-refractivity contribution in [3.63, 3.8) is 0 Å². The van der Waals surface area contributed by atoms with Crippen molar-refractivity contribution in [2.75, 3.05) is 13.7 Å². The summed E-state index contributed by atoms with van der Waals surface area (Å²) in [6.07, 6.45) is 2.60. The Balaban J connectivity index is 2.22. The Bertz CT molecular complexity index is 1110. The normalized spacial score (nSPS) is 11.2. The molecule has 3 rings (SSSR count). The molecule has 146 valence electrons. The van der Waals surface area contributed by atoms with Crippen molar-refractivity contribution in [1.29, 1.82) is 0 Å². The monoisotopic (exact) mass is 403 g/mol. The summed E-state index contributed by atoms with van der Waals surface area (Å²) in [5, 5.41) is 11.5. The van der Waals surface area contributed by atoms with Gasteiger partial charge in [-0.1, -0.05) is 18.2 Å². The van der Waals surface area contributed by atoms with Gasteiger partial charge in [-0.25, -0.2) is 17.4 Å². The molecule has 2 aromatic carbocycles. The Morgan fingerprint density at radius 1 is 1.21 bits per heavy atom. The van der Waals surface area contributed by atoms with Gasteiger partial charge in [0.1, 0.15) is 0 Å². The summed E-state index contributed by atoms with van der Waals surface area (Å²) >= 11 is 0. The molecule has 0 N–H and O–H groups in total. The minimum atomic E-state index is -3.94. The topological polar surface area (TPSA) is 114 Å². The smallest absolute Gasteiger partial charge is 0.315 e. The molecule has 0 unspecified atom stereocenters. The molecule has 0 atom stereocenters. The maximum absolute atomic E-state index is 13.0. The maximum atomic E-state index is 13.0. The van der Waals surface area contributed by atoms with Crippen molar-refractivity contribution in [2.45, 2.75) is 11.8 Å². The zero-order valence-electron chi connectivity index (χ0n) is 15.1. The first-order valence-corrected chi connectivity index (χ1v) is 9.67. The second-order valence-corrected chi connectivity index (χ2v) is 7.40. The summed E-state index contributed by atoms with van der Waals surface area (Å²) in [6, 6.07) is 10.5. The highest BCUT2D eigenvalue weighted by atomic mass is 32.2. The molecule has 10 heteroatoms. The summed E-state index contributed by atoms with van der Waals surface area (Å²) in [7, 11) is -2.64. The number of methoxy groups -OCH3 is 1. The summed E-state index contributed by atoms with van der Waals surface area (Å²) in [5.41, 5.74) is -0.143. The Morgan fingerprint density at radius 2 is 1.93 bits per heavy atom. The van der Waals surface area contributed by atoms with Gasteiger partial charge in [0.15, 0.2) is 11.6 Å². The lowest BCUT2D eigenvalue weighted by atomic mass is 10.1. The highest BCUT2D eigenvalue weighted by Gasteiger charge is 2.26. The minimum absolute atomic E-state index is 0.0237. The van der Waals surface area contributed by atoms with Gasteiger partial charge in [0, 0.05) is 24.0 Å². The van der Waals surface area contributed by atoms with Gasteiger partial charge >= 0.3 is 5.69 Å². The number of nitro benzene ring substituents is 1. The molecule has 0 spiro atoms. The van der Waals surface area contributed by atoms with Crippen molar-refractivity contribution in [1.82, 2.24) is 8.96 Å². The molecule has 1 heterocycles. The van der Waals surface area contributed by atoms with E-state index in [1.54, 1.807) is 25.1 Å². The molecule has 3 aromatic rings. The van der Waals surface area contributed by atoms with Gasteiger partial charge in [0.05, 0.1) is 23.5 Å². The Morgan fingerprint density at radius 3 is 2.54 bits per heavy atom. The van der Waals surface area contributed by atoms with E-state index in [0.29, 0.717) is 0 Å². The number of benzene rings is 2. The second kappa shape index (κ2) is 7.69. The minimum Gasteiger partial charge on any atom is -0.490 e. The molecule has 1 aromatic heterocycles. The summed E-state index contributed by atoms with van der Waals surface area (Å²) in [4.78, 5) is 15.0. The average Bonchev–Trinajstić information content (AvgIpc) is 3.19. The number of rotatable bonds is 7. The van der Waals surface area contributed by atoms with Crippen LogP contribution in [0.25, 0.3) is 11.4 Å². The largest absolute Gasteiger partial charge is 0.490 e. The van der Waals surface area contributed by atoms with E-state index in [4.69, 9.17) is 9.47 Å². The van der Waals surface area contributed by atoms with Gasteiger partial charge in [-0.3, -0.25) is 10.1 Å². The molecular weight excluding hydrogens is 386 g/mol. The fourth-order valence-electron chi connectivity index (χ4n) is 2.71. The number of aromatic nitrogens is 2. The first kappa shape index (κ1) is 19.4. The average molecular weight is 403 g/mol. The van der Waals surface area contributed by atoms with Crippen LogP contribution in [0.2, 0.25) is 0 Å². The fourth-order valence-corrected chi connectivity index (χ4v) is 4.04. The van der Waals surface area contributed by atoms with E-state index in [1.165, 1.54) is 43.8 Å². The van der Waals surface area contributed by atoms with E-state index in [1.807, 2.05) is 0 Å². The summed E-state index contributed by atoms with van der Waals surface area (Å²) in [6.45, 7) is 1.96. The van der Waals surface area contributed by atoms with Gasteiger partial charge in [0.25, 0.3) is 10.0 Å². The van der Waals surface area contributed by atoms with Crippen LogP contribution >= 0.6 is 0 Å².